The lowest BCUT2D eigenvalue weighted by atomic mass is 9.86. The number of phenolic OH excluding ortho intramolecular Hbond substituents is 1. The standard InChI is InChI=1S/C29H28ClF2NO3/c1-18-24-15-22(34)5-9-27(24)36-29(28(18)25-14-21(30)4-8-26(25)32)20-2-6-23(7-3-20)35-13-12-33-11-10-19(16-31)17-33/h2-9,14-15,19,29,34H,10-13,16-17H2,1H3/t19-,29?/m0/s1. The summed E-state index contributed by atoms with van der Waals surface area (Å²) in [6.45, 7) is 4.60. The predicted octanol–water partition coefficient (Wildman–Crippen LogP) is 6.92. The van der Waals surface area contributed by atoms with Gasteiger partial charge in [-0.05, 0) is 79.6 Å². The first-order chi connectivity index (χ1) is 17.4. The van der Waals surface area contributed by atoms with Crippen LogP contribution in [0.3, 0.4) is 0 Å². The van der Waals surface area contributed by atoms with E-state index in [2.05, 4.69) is 4.90 Å². The third kappa shape index (κ3) is 5.06. The number of halogens is 3. The van der Waals surface area contributed by atoms with Gasteiger partial charge in [-0.2, -0.15) is 0 Å². The van der Waals surface area contributed by atoms with Gasteiger partial charge in [-0.1, -0.05) is 23.7 Å². The smallest absolute Gasteiger partial charge is 0.150 e. The molecule has 2 heterocycles. The Morgan fingerprint density at radius 3 is 2.64 bits per heavy atom. The predicted molar refractivity (Wildman–Crippen MR) is 138 cm³/mol. The molecule has 1 unspecified atom stereocenters. The number of alkyl halides is 1. The fourth-order valence-electron chi connectivity index (χ4n) is 5.00. The Hall–Kier alpha value is -3.09. The van der Waals surface area contributed by atoms with Crippen molar-refractivity contribution in [2.75, 3.05) is 32.9 Å². The molecule has 5 rings (SSSR count). The summed E-state index contributed by atoms with van der Waals surface area (Å²) in [6, 6.07) is 16.9. The van der Waals surface area contributed by atoms with E-state index in [0.29, 0.717) is 34.1 Å². The van der Waals surface area contributed by atoms with Gasteiger partial charge >= 0.3 is 0 Å². The number of phenols is 1. The van der Waals surface area contributed by atoms with E-state index in [1.165, 1.54) is 12.1 Å². The van der Waals surface area contributed by atoms with Crippen LogP contribution in [0, 0.1) is 11.7 Å². The zero-order valence-corrected chi connectivity index (χ0v) is 20.8. The number of rotatable bonds is 7. The van der Waals surface area contributed by atoms with Crippen molar-refractivity contribution in [2.45, 2.75) is 19.4 Å². The molecular weight excluding hydrogens is 484 g/mol. The van der Waals surface area contributed by atoms with Crippen LogP contribution >= 0.6 is 11.6 Å². The van der Waals surface area contributed by atoms with Gasteiger partial charge in [0.1, 0.15) is 35.8 Å². The summed E-state index contributed by atoms with van der Waals surface area (Å²) >= 11 is 6.23. The molecule has 0 saturated carbocycles. The van der Waals surface area contributed by atoms with Crippen molar-refractivity contribution in [3.05, 3.63) is 88.2 Å². The lowest BCUT2D eigenvalue weighted by Gasteiger charge is -2.31. The second kappa shape index (κ2) is 10.5. The average Bonchev–Trinajstić information content (AvgIpc) is 3.34. The molecule has 4 nitrogen and oxygen atoms in total. The van der Waals surface area contributed by atoms with Crippen LogP contribution in [0.25, 0.3) is 11.1 Å². The maximum absolute atomic E-state index is 15.0. The summed E-state index contributed by atoms with van der Waals surface area (Å²) in [5.74, 6) is 1.18. The number of hydrogen-bond acceptors (Lipinski definition) is 4. The third-order valence-corrected chi connectivity index (χ3v) is 7.18. The number of fused-ring (bicyclic) bond motifs is 1. The zero-order valence-electron chi connectivity index (χ0n) is 20.0. The number of ether oxygens (including phenoxy) is 2. The van der Waals surface area contributed by atoms with Crippen molar-refractivity contribution in [1.29, 1.82) is 0 Å². The Kier molecular flexibility index (Phi) is 7.17. The van der Waals surface area contributed by atoms with Crippen LogP contribution < -0.4 is 9.47 Å². The molecule has 3 aromatic rings. The van der Waals surface area contributed by atoms with Crippen LogP contribution in [0.1, 0.15) is 36.1 Å². The van der Waals surface area contributed by atoms with Crippen LogP contribution in [0.15, 0.2) is 60.7 Å². The maximum Gasteiger partial charge on any atom is 0.150 e. The number of likely N-dealkylation sites (tertiary alicyclic amines) is 1. The van der Waals surface area contributed by atoms with Crippen molar-refractivity contribution in [3.63, 3.8) is 0 Å². The fourth-order valence-corrected chi connectivity index (χ4v) is 5.17. The minimum absolute atomic E-state index is 0.108. The highest BCUT2D eigenvalue weighted by Gasteiger charge is 2.31. The Morgan fingerprint density at radius 2 is 1.89 bits per heavy atom. The van der Waals surface area contributed by atoms with E-state index in [9.17, 15) is 9.50 Å². The van der Waals surface area contributed by atoms with Gasteiger partial charge in [-0.25, -0.2) is 4.39 Å². The first kappa shape index (κ1) is 24.6. The summed E-state index contributed by atoms with van der Waals surface area (Å²) in [5, 5.41) is 10.5. The molecule has 1 saturated heterocycles. The van der Waals surface area contributed by atoms with Crippen molar-refractivity contribution in [1.82, 2.24) is 4.90 Å². The molecule has 0 amide bonds. The van der Waals surface area contributed by atoms with E-state index in [0.717, 1.165) is 42.9 Å². The van der Waals surface area contributed by atoms with Crippen LogP contribution in [-0.2, 0) is 0 Å². The van der Waals surface area contributed by atoms with Gasteiger partial charge in [0.05, 0.1) is 6.67 Å². The minimum Gasteiger partial charge on any atom is -0.508 e. The van der Waals surface area contributed by atoms with Crippen LogP contribution in [-0.4, -0.2) is 42.9 Å². The van der Waals surface area contributed by atoms with Crippen LogP contribution in [0.4, 0.5) is 8.78 Å². The molecule has 7 heteroatoms. The number of hydrogen-bond donors (Lipinski definition) is 1. The van der Waals surface area contributed by atoms with Crippen molar-refractivity contribution < 1.29 is 23.4 Å². The molecule has 2 aliphatic rings. The second-order valence-corrected chi connectivity index (χ2v) is 9.80. The average molecular weight is 512 g/mol. The van der Waals surface area contributed by atoms with Crippen molar-refractivity contribution in [3.8, 4) is 17.2 Å². The Balaban J connectivity index is 1.40. The molecule has 2 atom stereocenters. The minimum atomic E-state index is -0.578. The normalized spacial score (nSPS) is 19.8. The Labute approximate surface area is 214 Å². The van der Waals surface area contributed by atoms with Gasteiger partial charge in [0.2, 0.25) is 0 Å². The molecule has 2 aliphatic heterocycles. The first-order valence-corrected chi connectivity index (χ1v) is 12.5. The van der Waals surface area contributed by atoms with E-state index in [-0.39, 0.29) is 18.3 Å². The number of allylic oxidation sites excluding steroid dienone is 1. The van der Waals surface area contributed by atoms with E-state index < -0.39 is 11.9 Å². The summed E-state index contributed by atoms with van der Waals surface area (Å²) < 4.78 is 40.1. The molecule has 1 N–H and O–H groups in total. The van der Waals surface area contributed by atoms with Gasteiger partial charge < -0.3 is 14.6 Å². The lowest BCUT2D eigenvalue weighted by molar-refractivity contribution is 0.228. The molecular formula is C29H28ClF2NO3. The second-order valence-electron chi connectivity index (χ2n) is 9.37. The Bertz CT molecular complexity index is 1280. The highest BCUT2D eigenvalue weighted by atomic mass is 35.5. The topological polar surface area (TPSA) is 41.9 Å². The lowest BCUT2D eigenvalue weighted by Crippen LogP contribution is -2.26. The van der Waals surface area contributed by atoms with E-state index in [4.69, 9.17) is 21.1 Å². The van der Waals surface area contributed by atoms with Gasteiger partial charge in [0.25, 0.3) is 0 Å². The number of aromatic hydroxyl groups is 1. The van der Waals surface area contributed by atoms with Crippen molar-refractivity contribution >= 4 is 22.7 Å². The molecule has 1 fully saturated rings. The highest BCUT2D eigenvalue weighted by molar-refractivity contribution is 6.30. The van der Waals surface area contributed by atoms with Crippen molar-refractivity contribution in [2.24, 2.45) is 5.92 Å². The first-order valence-electron chi connectivity index (χ1n) is 12.1. The molecule has 0 spiro atoms. The molecule has 188 valence electrons. The van der Waals surface area contributed by atoms with E-state index in [1.54, 1.807) is 24.3 Å². The third-order valence-electron chi connectivity index (χ3n) is 6.94. The van der Waals surface area contributed by atoms with E-state index in [1.807, 2.05) is 31.2 Å². The van der Waals surface area contributed by atoms with Crippen LogP contribution in [0.2, 0.25) is 5.02 Å². The maximum atomic E-state index is 15.0. The van der Waals surface area contributed by atoms with Gasteiger partial charge in [0, 0.05) is 40.7 Å². The molecule has 3 aromatic carbocycles. The monoisotopic (exact) mass is 511 g/mol. The highest BCUT2D eigenvalue weighted by Crippen LogP contribution is 2.48. The fraction of sp³-hybridized carbons (Fsp3) is 0.310. The van der Waals surface area contributed by atoms with Gasteiger partial charge in [-0.15, -0.1) is 0 Å². The molecule has 0 aliphatic carbocycles. The zero-order chi connectivity index (χ0) is 25.2. The van der Waals surface area contributed by atoms with Crippen LogP contribution in [0.5, 0.6) is 17.2 Å². The summed E-state index contributed by atoms with van der Waals surface area (Å²) in [7, 11) is 0. The number of benzene rings is 3. The molecule has 0 aromatic heterocycles. The largest absolute Gasteiger partial charge is 0.508 e. The quantitative estimate of drug-likeness (QED) is 0.374. The summed E-state index contributed by atoms with van der Waals surface area (Å²) in [5.41, 5.74) is 3.35. The van der Waals surface area contributed by atoms with E-state index >= 15 is 4.39 Å². The SMILES string of the molecule is CC1=C(c2cc(Cl)ccc2F)C(c2ccc(OCCN3CC[C@@H](CF)C3)cc2)Oc2ccc(O)cc21. The molecule has 0 radical (unpaired) electrons. The Morgan fingerprint density at radius 1 is 1.08 bits per heavy atom. The number of nitrogens with zero attached hydrogens (tertiary/aromatic N) is 1. The van der Waals surface area contributed by atoms with Gasteiger partial charge in [-0.3, -0.25) is 9.29 Å². The summed E-state index contributed by atoms with van der Waals surface area (Å²) in [4.78, 5) is 2.23. The van der Waals surface area contributed by atoms with Gasteiger partial charge in [0.15, 0.2) is 0 Å². The molecule has 0 bridgehead atoms. The summed E-state index contributed by atoms with van der Waals surface area (Å²) in [6.07, 6.45) is 0.323. The molecule has 36 heavy (non-hydrogen) atoms.